The molecule has 0 saturated carbocycles. The van der Waals surface area contributed by atoms with Crippen molar-refractivity contribution in [3.05, 3.63) is 28.8 Å². The number of piperazine rings is 1. The molecule has 1 atom stereocenters. The minimum Gasteiger partial charge on any atom is -0.496 e. The Morgan fingerprint density at radius 3 is 2.69 bits per heavy atom. The van der Waals surface area contributed by atoms with Crippen molar-refractivity contribution >= 4 is 0 Å². The first-order chi connectivity index (χ1) is 7.72. The molecule has 1 aliphatic rings. The van der Waals surface area contributed by atoms with Crippen molar-refractivity contribution in [1.29, 1.82) is 0 Å². The summed E-state index contributed by atoms with van der Waals surface area (Å²) in [5, 5.41) is 6.93. The van der Waals surface area contributed by atoms with E-state index in [1.165, 1.54) is 16.7 Å². The predicted molar refractivity (Wildman–Crippen MR) is 66.1 cm³/mol. The molecule has 3 nitrogen and oxygen atoms in total. The lowest BCUT2D eigenvalue weighted by molar-refractivity contribution is 0.379. The van der Waals surface area contributed by atoms with Crippen LogP contribution in [0.25, 0.3) is 0 Å². The number of benzene rings is 1. The number of ether oxygens (including phenoxy) is 1. The van der Waals surface area contributed by atoms with Crippen LogP contribution in [0, 0.1) is 13.8 Å². The van der Waals surface area contributed by atoms with Crippen LogP contribution >= 0.6 is 0 Å². The van der Waals surface area contributed by atoms with Crippen molar-refractivity contribution in [3.8, 4) is 5.75 Å². The molecular weight excluding hydrogens is 200 g/mol. The summed E-state index contributed by atoms with van der Waals surface area (Å²) in [5.74, 6) is 1.02. The molecule has 1 heterocycles. The van der Waals surface area contributed by atoms with Crippen molar-refractivity contribution in [2.24, 2.45) is 0 Å². The molecule has 2 N–H and O–H groups in total. The van der Waals surface area contributed by atoms with Crippen LogP contribution in [0.5, 0.6) is 5.75 Å². The quantitative estimate of drug-likeness (QED) is 0.793. The molecule has 1 aliphatic heterocycles. The number of aryl methyl sites for hydroxylation is 2. The van der Waals surface area contributed by atoms with Crippen molar-refractivity contribution in [3.63, 3.8) is 0 Å². The van der Waals surface area contributed by atoms with Crippen molar-refractivity contribution in [1.82, 2.24) is 10.6 Å². The summed E-state index contributed by atoms with van der Waals surface area (Å²) in [7, 11) is 1.75. The first kappa shape index (κ1) is 11.4. The minimum atomic E-state index is 0.363. The van der Waals surface area contributed by atoms with Crippen LogP contribution in [0.15, 0.2) is 12.1 Å². The van der Waals surface area contributed by atoms with E-state index in [1.807, 2.05) is 0 Å². The average Bonchev–Trinajstić information content (AvgIpc) is 2.29. The van der Waals surface area contributed by atoms with Gasteiger partial charge in [-0.05, 0) is 19.4 Å². The number of hydrogen-bond donors (Lipinski definition) is 2. The van der Waals surface area contributed by atoms with Gasteiger partial charge in [0.2, 0.25) is 0 Å². The van der Waals surface area contributed by atoms with Gasteiger partial charge in [0.1, 0.15) is 5.75 Å². The summed E-state index contributed by atoms with van der Waals surface area (Å²) in [4.78, 5) is 0. The number of hydrogen-bond acceptors (Lipinski definition) is 3. The van der Waals surface area contributed by atoms with Crippen molar-refractivity contribution < 1.29 is 4.74 Å². The highest BCUT2D eigenvalue weighted by Gasteiger charge is 2.19. The highest BCUT2D eigenvalue weighted by Crippen LogP contribution is 2.30. The van der Waals surface area contributed by atoms with Crippen molar-refractivity contribution in [2.75, 3.05) is 26.7 Å². The van der Waals surface area contributed by atoms with Crippen molar-refractivity contribution in [2.45, 2.75) is 19.9 Å². The molecule has 1 saturated heterocycles. The third kappa shape index (κ3) is 2.20. The first-order valence-corrected chi connectivity index (χ1v) is 5.81. The third-order valence-corrected chi connectivity index (χ3v) is 3.07. The van der Waals surface area contributed by atoms with Crippen LogP contribution in [0.2, 0.25) is 0 Å². The second kappa shape index (κ2) is 4.85. The Morgan fingerprint density at radius 1 is 1.25 bits per heavy atom. The van der Waals surface area contributed by atoms with Gasteiger partial charge in [0, 0.05) is 31.2 Å². The lowest BCUT2D eigenvalue weighted by Gasteiger charge is -2.27. The SMILES string of the molecule is COc1c(C)cc(C)cc1C1CNCCN1. The molecule has 0 bridgehead atoms. The smallest absolute Gasteiger partial charge is 0.126 e. The summed E-state index contributed by atoms with van der Waals surface area (Å²) in [5.41, 5.74) is 3.78. The van der Waals surface area contributed by atoms with Gasteiger partial charge in [-0.3, -0.25) is 0 Å². The monoisotopic (exact) mass is 220 g/mol. The second-order valence-corrected chi connectivity index (χ2v) is 4.42. The molecule has 0 aliphatic carbocycles. The number of nitrogens with one attached hydrogen (secondary N) is 2. The van der Waals surface area contributed by atoms with Gasteiger partial charge in [0.25, 0.3) is 0 Å². The van der Waals surface area contributed by atoms with Crippen LogP contribution in [0.4, 0.5) is 0 Å². The molecule has 2 rings (SSSR count). The lowest BCUT2D eigenvalue weighted by Crippen LogP contribution is -2.42. The van der Waals surface area contributed by atoms with Gasteiger partial charge in [0.15, 0.2) is 0 Å². The Bertz CT molecular complexity index is 370. The van der Waals surface area contributed by atoms with Gasteiger partial charge >= 0.3 is 0 Å². The molecule has 0 radical (unpaired) electrons. The molecule has 0 aromatic heterocycles. The zero-order valence-corrected chi connectivity index (χ0v) is 10.3. The molecule has 0 amide bonds. The maximum atomic E-state index is 5.52. The van der Waals surface area contributed by atoms with E-state index < -0.39 is 0 Å². The van der Waals surface area contributed by atoms with E-state index in [4.69, 9.17) is 4.74 Å². The van der Waals surface area contributed by atoms with Gasteiger partial charge in [-0.25, -0.2) is 0 Å². The van der Waals surface area contributed by atoms with Crippen LogP contribution in [-0.4, -0.2) is 26.7 Å². The average molecular weight is 220 g/mol. The maximum absolute atomic E-state index is 5.52. The summed E-state index contributed by atoms with van der Waals surface area (Å²) in [6.07, 6.45) is 0. The molecule has 0 spiro atoms. The Balaban J connectivity index is 2.36. The van der Waals surface area contributed by atoms with Crippen LogP contribution in [0.3, 0.4) is 0 Å². The van der Waals surface area contributed by atoms with E-state index >= 15 is 0 Å². The fraction of sp³-hybridized carbons (Fsp3) is 0.538. The Labute approximate surface area is 97.2 Å². The van der Waals surface area contributed by atoms with E-state index in [1.54, 1.807) is 7.11 Å². The lowest BCUT2D eigenvalue weighted by atomic mass is 9.98. The topological polar surface area (TPSA) is 33.3 Å². The standard InChI is InChI=1S/C13H20N2O/c1-9-6-10(2)13(16-3)11(7-9)12-8-14-4-5-15-12/h6-7,12,14-15H,4-5,8H2,1-3H3. The van der Waals surface area contributed by atoms with E-state index in [9.17, 15) is 0 Å². The molecule has 16 heavy (non-hydrogen) atoms. The van der Waals surface area contributed by atoms with Gasteiger partial charge in [0.05, 0.1) is 7.11 Å². The summed E-state index contributed by atoms with van der Waals surface area (Å²) >= 11 is 0. The normalized spacial score (nSPS) is 20.8. The Kier molecular flexibility index (Phi) is 3.46. The molecule has 1 aromatic carbocycles. The molecule has 1 fully saturated rings. The van der Waals surface area contributed by atoms with E-state index in [0.717, 1.165) is 25.4 Å². The summed E-state index contributed by atoms with van der Waals surface area (Å²) in [6, 6.07) is 4.75. The maximum Gasteiger partial charge on any atom is 0.126 e. The van der Waals surface area contributed by atoms with E-state index in [2.05, 4.69) is 36.6 Å². The highest BCUT2D eigenvalue weighted by molar-refractivity contribution is 5.45. The predicted octanol–water partition coefficient (Wildman–Crippen LogP) is 1.55. The summed E-state index contributed by atoms with van der Waals surface area (Å²) in [6.45, 7) is 7.27. The molecule has 3 heteroatoms. The van der Waals surface area contributed by atoms with Crippen LogP contribution in [-0.2, 0) is 0 Å². The molecule has 88 valence electrons. The molecular formula is C13H20N2O. The largest absolute Gasteiger partial charge is 0.496 e. The van der Waals surface area contributed by atoms with Crippen LogP contribution in [0.1, 0.15) is 22.7 Å². The fourth-order valence-corrected chi connectivity index (χ4v) is 2.40. The third-order valence-electron chi connectivity index (χ3n) is 3.07. The first-order valence-electron chi connectivity index (χ1n) is 5.81. The van der Waals surface area contributed by atoms with E-state index in [0.29, 0.717) is 6.04 Å². The molecule has 1 unspecified atom stereocenters. The van der Waals surface area contributed by atoms with Gasteiger partial charge in [-0.2, -0.15) is 0 Å². The van der Waals surface area contributed by atoms with Gasteiger partial charge in [-0.15, -0.1) is 0 Å². The van der Waals surface area contributed by atoms with Gasteiger partial charge in [-0.1, -0.05) is 17.7 Å². The van der Waals surface area contributed by atoms with E-state index in [-0.39, 0.29) is 0 Å². The second-order valence-electron chi connectivity index (χ2n) is 4.42. The highest BCUT2D eigenvalue weighted by atomic mass is 16.5. The van der Waals surface area contributed by atoms with Gasteiger partial charge < -0.3 is 15.4 Å². The summed E-state index contributed by atoms with van der Waals surface area (Å²) < 4.78 is 5.52. The fourth-order valence-electron chi connectivity index (χ4n) is 2.40. The Hall–Kier alpha value is -1.06. The zero-order chi connectivity index (χ0) is 11.5. The number of rotatable bonds is 2. The number of methoxy groups -OCH3 is 1. The zero-order valence-electron chi connectivity index (χ0n) is 10.3. The Morgan fingerprint density at radius 2 is 2.06 bits per heavy atom. The molecule has 1 aromatic rings. The van der Waals surface area contributed by atoms with Crippen LogP contribution < -0.4 is 15.4 Å². The minimum absolute atomic E-state index is 0.363.